The number of carboxylic acids is 1. The number of nitrogens with zero attached hydrogens (tertiary/aromatic N) is 3. The summed E-state index contributed by atoms with van der Waals surface area (Å²) in [6.07, 6.45) is 3.38. The van der Waals surface area contributed by atoms with E-state index in [1.165, 1.54) is 10.9 Å². The van der Waals surface area contributed by atoms with Crippen LogP contribution in [0.5, 0.6) is 0 Å². The van der Waals surface area contributed by atoms with E-state index in [1.54, 1.807) is 0 Å². The first-order chi connectivity index (χ1) is 9.04. The lowest BCUT2D eigenvalue weighted by Crippen LogP contribution is -2.48. The van der Waals surface area contributed by atoms with Gasteiger partial charge in [-0.2, -0.15) is 0 Å². The van der Waals surface area contributed by atoms with Crippen molar-refractivity contribution in [1.29, 1.82) is 0 Å². The van der Waals surface area contributed by atoms with Gasteiger partial charge in [-0.15, -0.1) is 5.10 Å². The lowest BCUT2D eigenvalue weighted by Gasteiger charge is -2.33. The highest BCUT2D eigenvalue weighted by Gasteiger charge is 2.26. The summed E-state index contributed by atoms with van der Waals surface area (Å²) >= 11 is 0. The number of hydrogen-bond acceptors (Lipinski definition) is 4. The van der Waals surface area contributed by atoms with Gasteiger partial charge in [0.05, 0.1) is 12.7 Å². The molecule has 1 aromatic heterocycles. The van der Waals surface area contributed by atoms with Crippen molar-refractivity contribution in [3.05, 3.63) is 11.9 Å². The van der Waals surface area contributed by atoms with Crippen LogP contribution in [0.4, 0.5) is 4.79 Å². The Balaban J connectivity index is 1.65. The largest absolute Gasteiger partial charge is 0.476 e. The molecule has 0 aliphatic heterocycles. The average molecular weight is 267 g/mol. The average Bonchev–Trinajstić information content (AvgIpc) is 2.76. The van der Waals surface area contributed by atoms with E-state index in [1.807, 2.05) is 0 Å². The van der Waals surface area contributed by atoms with Crippen LogP contribution in [0, 0.1) is 5.92 Å². The molecule has 19 heavy (non-hydrogen) atoms. The van der Waals surface area contributed by atoms with Crippen LogP contribution < -0.4 is 10.6 Å². The number of rotatable bonds is 5. The molecule has 0 unspecified atom stereocenters. The standard InChI is InChI=1S/C11H17N5O3/c1-7-4-8(5-7)13-11(19)12-2-3-16-6-9(10(17)18)14-15-16/h6-8H,2-5H2,1H3,(H,17,18)(H2,12,13,19). The van der Waals surface area contributed by atoms with Gasteiger partial charge in [-0.05, 0) is 18.8 Å². The Morgan fingerprint density at radius 1 is 1.53 bits per heavy atom. The maximum Gasteiger partial charge on any atom is 0.358 e. The van der Waals surface area contributed by atoms with Crippen molar-refractivity contribution in [2.45, 2.75) is 32.4 Å². The van der Waals surface area contributed by atoms with Crippen molar-refractivity contribution in [3.8, 4) is 0 Å². The van der Waals surface area contributed by atoms with Crippen molar-refractivity contribution < 1.29 is 14.7 Å². The second kappa shape index (κ2) is 5.68. The molecule has 0 atom stereocenters. The van der Waals surface area contributed by atoms with E-state index in [-0.39, 0.29) is 17.8 Å². The third-order valence-corrected chi connectivity index (χ3v) is 3.09. The van der Waals surface area contributed by atoms with Gasteiger partial charge in [-0.25, -0.2) is 14.3 Å². The molecule has 2 amide bonds. The van der Waals surface area contributed by atoms with Crippen LogP contribution in [-0.2, 0) is 6.54 Å². The lowest BCUT2D eigenvalue weighted by molar-refractivity contribution is 0.0690. The zero-order valence-corrected chi connectivity index (χ0v) is 10.7. The highest BCUT2D eigenvalue weighted by atomic mass is 16.4. The second-order valence-corrected chi connectivity index (χ2v) is 4.85. The smallest absolute Gasteiger partial charge is 0.358 e. The molecule has 8 nitrogen and oxygen atoms in total. The predicted octanol–water partition coefficient (Wildman–Crippen LogP) is 0.0740. The van der Waals surface area contributed by atoms with Crippen molar-refractivity contribution in [3.63, 3.8) is 0 Å². The monoisotopic (exact) mass is 267 g/mol. The normalized spacial score (nSPS) is 21.5. The molecule has 1 aliphatic carbocycles. The minimum Gasteiger partial charge on any atom is -0.476 e. The van der Waals surface area contributed by atoms with Gasteiger partial charge in [-0.3, -0.25) is 0 Å². The molecule has 8 heteroatoms. The number of aromatic carboxylic acids is 1. The summed E-state index contributed by atoms with van der Waals surface area (Å²) in [5, 5.41) is 21.4. The predicted molar refractivity (Wildman–Crippen MR) is 65.7 cm³/mol. The van der Waals surface area contributed by atoms with Gasteiger partial charge in [0.25, 0.3) is 0 Å². The Bertz CT molecular complexity index is 467. The van der Waals surface area contributed by atoms with E-state index in [0.29, 0.717) is 19.0 Å². The van der Waals surface area contributed by atoms with E-state index in [2.05, 4.69) is 27.9 Å². The Morgan fingerprint density at radius 2 is 2.26 bits per heavy atom. The van der Waals surface area contributed by atoms with Gasteiger partial charge >= 0.3 is 12.0 Å². The number of aromatic nitrogens is 3. The molecule has 0 saturated heterocycles. The molecule has 1 aromatic rings. The maximum atomic E-state index is 11.5. The zero-order chi connectivity index (χ0) is 13.8. The molecule has 1 fully saturated rings. The maximum absolute atomic E-state index is 11.5. The third kappa shape index (κ3) is 3.67. The lowest BCUT2D eigenvalue weighted by atomic mass is 9.82. The Labute approximate surface area is 110 Å². The molecule has 0 spiro atoms. The summed E-state index contributed by atoms with van der Waals surface area (Å²) in [6.45, 7) is 2.91. The van der Waals surface area contributed by atoms with Gasteiger partial charge < -0.3 is 15.7 Å². The summed E-state index contributed by atoms with van der Waals surface area (Å²) in [4.78, 5) is 22.1. The highest BCUT2D eigenvalue weighted by molar-refractivity contribution is 5.84. The number of carbonyl (C=O) groups excluding carboxylic acids is 1. The summed E-state index contributed by atoms with van der Waals surface area (Å²) in [5.41, 5.74) is -0.104. The van der Waals surface area contributed by atoms with Gasteiger partial charge in [0.1, 0.15) is 0 Å². The fraction of sp³-hybridized carbons (Fsp3) is 0.636. The van der Waals surface area contributed by atoms with Crippen LogP contribution in [0.25, 0.3) is 0 Å². The molecule has 0 bridgehead atoms. The number of amides is 2. The first-order valence-corrected chi connectivity index (χ1v) is 6.22. The second-order valence-electron chi connectivity index (χ2n) is 4.85. The Hall–Kier alpha value is -2.12. The zero-order valence-electron chi connectivity index (χ0n) is 10.7. The fourth-order valence-corrected chi connectivity index (χ4v) is 2.05. The van der Waals surface area contributed by atoms with Crippen molar-refractivity contribution in [2.75, 3.05) is 6.54 Å². The summed E-state index contributed by atoms with van der Waals surface area (Å²) in [6, 6.07) is 0.0791. The van der Waals surface area contributed by atoms with Crippen LogP contribution >= 0.6 is 0 Å². The van der Waals surface area contributed by atoms with E-state index in [9.17, 15) is 9.59 Å². The number of carboxylic acid groups (broad SMARTS) is 1. The summed E-state index contributed by atoms with van der Waals surface area (Å²) < 4.78 is 1.38. The highest BCUT2D eigenvalue weighted by Crippen LogP contribution is 2.25. The fourth-order valence-electron chi connectivity index (χ4n) is 2.05. The van der Waals surface area contributed by atoms with Crippen LogP contribution in [-0.4, -0.2) is 44.7 Å². The molecule has 104 valence electrons. The number of nitrogens with one attached hydrogen (secondary N) is 2. The topological polar surface area (TPSA) is 109 Å². The minimum absolute atomic E-state index is 0.104. The number of urea groups is 1. The van der Waals surface area contributed by atoms with Crippen molar-refractivity contribution in [2.24, 2.45) is 5.92 Å². The summed E-state index contributed by atoms with van der Waals surface area (Å²) in [7, 11) is 0. The molecule has 1 aliphatic rings. The van der Waals surface area contributed by atoms with Crippen molar-refractivity contribution in [1.82, 2.24) is 25.6 Å². The first-order valence-electron chi connectivity index (χ1n) is 6.22. The molecule has 1 heterocycles. The molecule has 1 saturated carbocycles. The van der Waals surface area contributed by atoms with Crippen LogP contribution in [0.1, 0.15) is 30.3 Å². The van der Waals surface area contributed by atoms with Crippen LogP contribution in [0.2, 0.25) is 0 Å². The van der Waals surface area contributed by atoms with Crippen molar-refractivity contribution >= 4 is 12.0 Å². The Kier molecular flexibility index (Phi) is 3.98. The molecule has 2 rings (SSSR count). The van der Waals surface area contributed by atoms with E-state index in [4.69, 9.17) is 5.11 Å². The van der Waals surface area contributed by atoms with E-state index < -0.39 is 5.97 Å². The van der Waals surface area contributed by atoms with E-state index in [0.717, 1.165) is 12.8 Å². The molecular formula is C11H17N5O3. The number of carbonyl (C=O) groups is 2. The van der Waals surface area contributed by atoms with Crippen LogP contribution in [0.15, 0.2) is 6.20 Å². The van der Waals surface area contributed by atoms with Gasteiger partial charge in [0.15, 0.2) is 5.69 Å². The molecular weight excluding hydrogens is 250 g/mol. The third-order valence-electron chi connectivity index (χ3n) is 3.09. The van der Waals surface area contributed by atoms with Gasteiger partial charge in [0, 0.05) is 12.6 Å². The van der Waals surface area contributed by atoms with E-state index >= 15 is 0 Å². The first kappa shape index (κ1) is 13.3. The minimum atomic E-state index is -1.11. The molecule has 3 N–H and O–H groups in total. The summed E-state index contributed by atoms with van der Waals surface area (Å²) in [5.74, 6) is -0.425. The Morgan fingerprint density at radius 3 is 2.84 bits per heavy atom. The van der Waals surface area contributed by atoms with Crippen LogP contribution in [0.3, 0.4) is 0 Å². The SMILES string of the molecule is CC1CC(NC(=O)NCCn2cc(C(=O)O)nn2)C1. The number of hydrogen-bond donors (Lipinski definition) is 3. The quantitative estimate of drug-likeness (QED) is 0.699. The van der Waals surface area contributed by atoms with Gasteiger partial charge in [-0.1, -0.05) is 12.1 Å². The van der Waals surface area contributed by atoms with Gasteiger partial charge in [0.2, 0.25) is 0 Å². The molecule has 0 aromatic carbocycles. The molecule has 0 radical (unpaired) electrons.